The maximum atomic E-state index is 10.9. The van der Waals surface area contributed by atoms with E-state index < -0.39 is 5.97 Å². The van der Waals surface area contributed by atoms with Crippen molar-refractivity contribution in [2.24, 2.45) is 0 Å². The summed E-state index contributed by atoms with van der Waals surface area (Å²) in [5.41, 5.74) is 1.02. The zero-order valence-corrected chi connectivity index (χ0v) is 8.97. The number of carboxylic acid groups (broad SMARTS) is 1. The van der Waals surface area contributed by atoms with Gasteiger partial charge in [0.25, 0.3) is 0 Å². The molecule has 0 aliphatic carbocycles. The van der Waals surface area contributed by atoms with Crippen LogP contribution in [0.2, 0.25) is 0 Å². The first-order chi connectivity index (χ1) is 7.09. The highest BCUT2D eigenvalue weighted by molar-refractivity contribution is 5.86. The van der Waals surface area contributed by atoms with Gasteiger partial charge in [-0.3, -0.25) is 4.90 Å². The Balaban J connectivity index is 2.30. The van der Waals surface area contributed by atoms with Crippen LogP contribution in [0.3, 0.4) is 0 Å². The first kappa shape index (κ1) is 10.2. The van der Waals surface area contributed by atoms with Crippen molar-refractivity contribution in [3.8, 4) is 0 Å². The molecule has 1 aliphatic rings. The minimum absolute atomic E-state index is 0.195. The molecule has 0 saturated carbocycles. The van der Waals surface area contributed by atoms with Crippen molar-refractivity contribution in [2.45, 2.75) is 33.0 Å². The lowest BCUT2D eigenvalue weighted by Gasteiger charge is -2.31. The molecule has 0 fully saturated rings. The SMILES string of the molecule is CC(C)N1CCn2cnc(C(=O)O)c2C1. The van der Waals surface area contributed by atoms with E-state index in [-0.39, 0.29) is 5.69 Å². The van der Waals surface area contributed by atoms with Crippen LogP contribution in [0.15, 0.2) is 6.33 Å². The van der Waals surface area contributed by atoms with Crippen LogP contribution in [-0.4, -0.2) is 38.1 Å². The van der Waals surface area contributed by atoms with Gasteiger partial charge in [0, 0.05) is 25.7 Å². The van der Waals surface area contributed by atoms with E-state index in [0.717, 1.165) is 18.8 Å². The summed E-state index contributed by atoms with van der Waals surface area (Å²) >= 11 is 0. The van der Waals surface area contributed by atoms with Crippen LogP contribution < -0.4 is 0 Å². The first-order valence-corrected chi connectivity index (χ1v) is 5.11. The minimum Gasteiger partial charge on any atom is -0.476 e. The molecule has 1 N–H and O–H groups in total. The third-order valence-corrected chi connectivity index (χ3v) is 2.86. The standard InChI is InChI=1S/C10H15N3O2/c1-7(2)12-3-4-13-6-11-9(10(14)15)8(13)5-12/h6-7H,3-5H2,1-2H3,(H,14,15). The fraction of sp³-hybridized carbons (Fsp3) is 0.600. The predicted octanol–water partition coefficient (Wildman–Crippen LogP) is 0.805. The second-order valence-corrected chi connectivity index (χ2v) is 4.10. The number of carbonyl (C=O) groups is 1. The monoisotopic (exact) mass is 209 g/mol. The van der Waals surface area contributed by atoms with E-state index in [1.54, 1.807) is 6.33 Å². The van der Waals surface area contributed by atoms with Crippen LogP contribution in [0, 0.1) is 0 Å². The molecule has 1 aromatic rings. The summed E-state index contributed by atoms with van der Waals surface area (Å²) in [6.07, 6.45) is 1.62. The molecule has 0 atom stereocenters. The Bertz CT molecular complexity index is 384. The Hall–Kier alpha value is -1.36. The zero-order chi connectivity index (χ0) is 11.0. The molecule has 1 aromatic heterocycles. The van der Waals surface area contributed by atoms with E-state index in [2.05, 4.69) is 23.7 Å². The van der Waals surface area contributed by atoms with E-state index in [4.69, 9.17) is 5.11 Å². The Labute approximate surface area is 88.3 Å². The Kier molecular flexibility index (Phi) is 2.48. The molecule has 0 radical (unpaired) electrons. The molecular weight excluding hydrogens is 194 g/mol. The number of nitrogens with zero attached hydrogens (tertiary/aromatic N) is 3. The highest BCUT2D eigenvalue weighted by atomic mass is 16.4. The maximum Gasteiger partial charge on any atom is 0.356 e. The molecule has 2 rings (SSSR count). The molecular formula is C10H15N3O2. The molecule has 2 heterocycles. The van der Waals surface area contributed by atoms with Crippen LogP contribution in [-0.2, 0) is 13.1 Å². The maximum absolute atomic E-state index is 10.9. The fourth-order valence-electron chi connectivity index (χ4n) is 1.89. The molecule has 0 saturated heterocycles. The summed E-state index contributed by atoms with van der Waals surface area (Å²) < 4.78 is 1.93. The first-order valence-electron chi connectivity index (χ1n) is 5.11. The topological polar surface area (TPSA) is 58.4 Å². The van der Waals surface area contributed by atoms with Gasteiger partial charge in [0.15, 0.2) is 5.69 Å². The van der Waals surface area contributed by atoms with Gasteiger partial charge in [0.1, 0.15) is 0 Å². The number of imidazole rings is 1. The number of aromatic carboxylic acids is 1. The fourth-order valence-corrected chi connectivity index (χ4v) is 1.89. The van der Waals surface area contributed by atoms with Gasteiger partial charge < -0.3 is 9.67 Å². The van der Waals surface area contributed by atoms with E-state index >= 15 is 0 Å². The quantitative estimate of drug-likeness (QED) is 0.783. The van der Waals surface area contributed by atoms with Gasteiger partial charge in [0.2, 0.25) is 0 Å². The molecule has 0 amide bonds. The summed E-state index contributed by atoms with van der Waals surface area (Å²) in [6.45, 7) is 6.70. The number of hydrogen-bond acceptors (Lipinski definition) is 3. The van der Waals surface area contributed by atoms with Gasteiger partial charge >= 0.3 is 5.97 Å². The van der Waals surface area contributed by atoms with Gasteiger partial charge in [-0.25, -0.2) is 9.78 Å². The summed E-state index contributed by atoms with van der Waals surface area (Å²) in [4.78, 5) is 17.1. The van der Waals surface area contributed by atoms with E-state index in [0.29, 0.717) is 12.6 Å². The van der Waals surface area contributed by atoms with Crippen molar-refractivity contribution in [1.29, 1.82) is 0 Å². The number of rotatable bonds is 2. The normalized spacial score (nSPS) is 16.7. The van der Waals surface area contributed by atoms with Gasteiger partial charge in [-0.15, -0.1) is 0 Å². The third kappa shape index (κ3) is 1.74. The van der Waals surface area contributed by atoms with Gasteiger partial charge in [-0.1, -0.05) is 0 Å². The zero-order valence-electron chi connectivity index (χ0n) is 8.97. The molecule has 0 bridgehead atoms. The number of carboxylic acids is 1. The van der Waals surface area contributed by atoms with Gasteiger partial charge in [0.05, 0.1) is 12.0 Å². The van der Waals surface area contributed by atoms with E-state index in [1.807, 2.05) is 4.57 Å². The summed E-state index contributed by atoms with van der Waals surface area (Å²) in [7, 11) is 0. The van der Waals surface area contributed by atoms with Crippen molar-refractivity contribution in [2.75, 3.05) is 6.54 Å². The Morgan fingerprint density at radius 1 is 1.53 bits per heavy atom. The molecule has 0 unspecified atom stereocenters. The lowest BCUT2D eigenvalue weighted by molar-refractivity contribution is 0.0685. The van der Waals surface area contributed by atoms with Gasteiger partial charge in [-0.05, 0) is 13.8 Å². The molecule has 5 nitrogen and oxygen atoms in total. The van der Waals surface area contributed by atoms with Crippen molar-refractivity contribution >= 4 is 5.97 Å². The van der Waals surface area contributed by atoms with E-state index in [9.17, 15) is 4.79 Å². The van der Waals surface area contributed by atoms with Crippen molar-refractivity contribution < 1.29 is 9.90 Å². The average molecular weight is 209 g/mol. The van der Waals surface area contributed by atoms with Crippen LogP contribution >= 0.6 is 0 Å². The Morgan fingerprint density at radius 2 is 2.27 bits per heavy atom. The predicted molar refractivity (Wildman–Crippen MR) is 54.7 cm³/mol. The Morgan fingerprint density at radius 3 is 2.87 bits per heavy atom. The number of fused-ring (bicyclic) bond motifs is 1. The minimum atomic E-state index is -0.936. The van der Waals surface area contributed by atoms with Crippen molar-refractivity contribution in [3.63, 3.8) is 0 Å². The van der Waals surface area contributed by atoms with Crippen LogP contribution in [0.5, 0.6) is 0 Å². The second-order valence-electron chi connectivity index (χ2n) is 4.10. The largest absolute Gasteiger partial charge is 0.476 e. The molecule has 0 spiro atoms. The number of hydrogen-bond donors (Lipinski definition) is 1. The van der Waals surface area contributed by atoms with Crippen LogP contribution in [0.25, 0.3) is 0 Å². The van der Waals surface area contributed by atoms with Crippen molar-refractivity contribution in [3.05, 3.63) is 17.7 Å². The van der Waals surface area contributed by atoms with Gasteiger partial charge in [-0.2, -0.15) is 0 Å². The third-order valence-electron chi connectivity index (χ3n) is 2.86. The lowest BCUT2D eigenvalue weighted by Crippen LogP contribution is -2.38. The highest BCUT2D eigenvalue weighted by Gasteiger charge is 2.24. The molecule has 0 aromatic carbocycles. The molecule has 82 valence electrons. The number of aromatic nitrogens is 2. The summed E-state index contributed by atoms with van der Waals surface area (Å²) in [5, 5.41) is 8.96. The molecule has 1 aliphatic heterocycles. The summed E-state index contributed by atoms with van der Waals surface area (Å²) in [5.74, 6) is -0.936. The smallest absolute Gasteiger partial charge is 0.356 e. The lowest BCUT2D eigenvalue weighted by atomic mass is 10.2. The van der Waals surface area contributed by atoms with E-state index in [1.165, 1.54) is 0 Å². The second kappa shape index (κ2) is 3.66. The van der Waals surface area contributed by atoms with Crippen molar-refractivity contribution in [1.82, 2.24) is 14.5 Å². The molecule has 5 heteroatoms. The average Bonchev–Trinajstić information content (AvgIpc) is 2.59. The van der Waals surface area contributed by atoms with Crippen LogP contribution in [0.1, 0.15) is 30.0 Å². The summed E-state index contributed by atoms with van der Waals surface area (Å²) in [6, 6.07) is 0.440. The molecule has 15 heavy (non-hydrogen) atoms. The van der Waals surface area contributed by atoms with Crippen LogP contribution in [0.4, 0.5) is 0 Å². The highest BCUT2D eigenvalue weighted by Crippen LogP contribution is 2.17.